The highest BCUT2D eigenvalue weighted by molar-refractivity contribution is 6.06. The number of aromatic nitrogens is 2. The summed E-state index contributed by atoms with van der Waals surface area (Å²) in [6, 6.07) is 16.4. The van der Waals surface area contributed by atoms with Gasteiger partial charge in [-0.25, -0.2) is 0 Å². The first kappa shape index (κ1) is 26.7. The second-order valence-corrected chi connectivity index (χ2v) is 10.2. The van der Waals surface area contributed by atoms with Crippen LogP contribution >= 0.6 is 0 Å². The summed E-state index contributed by atoms with van der Waals surface area (Å²) in [5, 5.41) is 17.2. The summed E-state index contributed by atoms with van der Waals surface area (Å²) in [4.78, 5) is 16.1. The zero-order valence-corrected chi connectivity index (χ0v) is 22.1. The monoisotopic (exact) mass is 562 g/mol. The summed E-state index contributed by atoms with van der Waals surface area (Å²) in [7, 11) is 0. The molecule has 1 saturated heterocycles. The Balaban J connectivity index is 1.28. The number of nitrogens with one attached hydrogen (secondary N) is 4. The van der Waals surface area contributed by atoms with Gasteiger partial charge in [0, 0.05) is 35.1 Å². The second kappa shape index (κ2) is 10.8. The molecule has 0 aliphatic carbocycles. The molecule has 4 aromatic rings. The van der Waals surface area contributed by atoms with Crippen LogP contribution in [-0.4, -0.2) is 52.9 Å². The number of ether oxygens (including phenoxy) is 1. The number of carbonyl (C=O) groups excluding carboxylic acids is 1. The Morgan fingerprint density at radius 1 is 1.05 bits per heavy atom. The maximum absolute atomic E-state index is 13.9. The molecule has 0 saturated carbocycles. The van der Waals surface area contributed by atoms with Gasteiger partial charge in [0.15, 0.2) is 0 Å². The van der Waals surface area contributed by atoms with Crippen LogP contribution in [0, 0.1) is 0 Å². The highest BCUT2D eigenvalue weighted by atomic mass is 19.4. The number of rotatable bonds is 8. The molecule has 11 heteroatoms. The molecule has 0 bridgehead atoms. The maximum Gasteiger partial charge on any atom is 0.419 e. The first-order valence-corrected chi connectivity index (χ1v) is 13.4. The number of carbonyl (C=O) groups is 1. The van der Waals surface area contributed by atoms with E-state index in [-0.39, 0.29) is 18.0 Å². The predicted molar refractivity (Wildman–Crippen MR) is 153 cm³/mol. The number of fused-ring (bicyclic) bond motifs is 2. The third-order valence-electron chi connectivity index (χ3n) is 7.36. The van der Waals surface area contributed by atoms with Crippen molar-refractivity contribution in [1.29, 1.82) is 0 Å². The van der Waals surface area contributed by atoms with Crippen LogP contribution in [0.25, 0.3) is 17.0 Å². The van der Waals surface area contributed by atoms with E-state index in [2.05, 4.69) is 31.0 Å². The van der Waals surface area contributed by atoms with Crippen LogP contribution in [0.4, 0.5) is 30.2 Å². The van der Waals surface area contributed by atoms with Crippen LogP contribution in [-0.2, 0) is 11.0 Å². The van der Waals surface area contributed by atoms with Gasteiger partial charge in [-0.1, -0.05) is 24.3 Å². The Kier molecular flexibility index (Phi) is 7.04. The average Bonchev–Trinajstić information content (AvgIpc) is 3.64. The number of halogens is 3. The number of nitrogens with zero attached hydrogens (tertiary/aromatic N) is 2. The predicted octanol–water partition coefficient (Wildman–Crippen LogP) is 5.94. The van der Waals surface area contributed by atoms with Gasteiger partial charge < -0.3 is 20.7 Å². The Bertz CT molecular complexity index is 1590. The Hall–Kier alpha value is -4.51. The van der Waals surface area contributed by atoms with E-state index < -0.39 is 23.3 Å². The van der Waals surface area contributed by atoms with Crippen molar-refractivity contribution >= 4 is 39.9 Å². The van der Waals surface area contributed by atoms with Crippen molar-refractivity contribution in [3.05, 3.63) is 84.1 Å². The van der Waals surface area contributed by atoms with E-state index in [4.69, 9.17) is 4.74 Å². The fraction of sp³-hybridized carbons (Fsp3) is 0.267. The number of likely N-dealkylation sites (tertiary alicyclic amines) is 1. The van der Waals surface area contributed by atoms with E-state index in [1.54, 1.807) is 12.3 Å². The van der Waals surface area contributed by atoms with Crippen LogP contribution in [0.3, 0.4) is 0 Å². The minimum atomic E-state index is -4.60. The molecule has 212 valence electrons. The standard InChI is InChI=1S/C30H29F3N6O2/c31-30(32,33)24-10-9-22(18-27(24)41-16-15-39-13-3-4-14-39)35-28(40)29(12-11-20-5-1-2-6-25(20)37-29)36-23-8-7-21-19-34-38-26(21)17-23/h1-2,5-12,17-19,36-37H,3-4,13-16H2,(H,34,38)(H,35,40). The molecule has 3 heterocycles. The fourth-order valence-electron chi connectivity index (χ4n) is 5.20. The van der Waals surface area contributed by atoms with Gasteiger partial charge in [-0.3, -0.25) is 14.8 Å². The number of amides is 1. The van der Waals surface area contributed by atoms with Crippen molar-refractivity contribution in [1.82, 2.24) is 15.1 Å². The molecule has 8 nitrogen and oxygen atoms in total. The number of benzene rings is 3. The smallest absolute Gasteiger partial charge is 0.419 e. The first-order chi connectivity index (χ1) is 19.8. The van der Waals surface area contributed by atoms with Gasteiger partial charge in [-0.05, 0) is 74.0 Å². The number of H-pyrrole nitrogens is 1. The van der Waals surface area contributed by atoms with E-state index >= 15 is 0 Å². The minimum absolute atomic E-state index is 0.114. The zero-order chi connectivity index (χ0) is 28.5. The Morgan fingerprint density at radius 2 is 1.85 bits per heavy atom. The second-order valence-electron chi connectivity index (χ2n) is 10.2. The lowest BCUT2D eigenvalue weighted by Gasteiger charge is -2.36. The van der Waals surface area contributed by atoms with E-state index in [0.29, 0.717) is 12.2 Å². The van der Waals surface area contributed by atoms with Gasteiger partial charge in [-0.15, -0.1) is 0 Å². The lowest BCUT2D eigenvalue weighted by molar-refractivity contribution is -0.139. The molecule has 2 aliphatic heterocycles. The van der Waals surface area contributed by atoms with E-state index in [0.717, 1.165) is 54.2 Å². The van der Waals surface area contributed by atoms with Crippen LogP contribution in [0.2, 0.25) is 0 Å². The van der Waals surface area contributed by atoms with Crippen LogP contribution in [0.5, 0.6) is 5.75 Å². The number of hydrogen-bond donors (Lipinski definition) is 4. The van der Waals surface area contributed by atoms with Gasteiger partial charge in [0.25, 0.3) is 5.91 Å². The van der Waals surface area contributed by atoms with Crippen LogP contribution in [0.1, 0.15) is 24.0 Å². The topological polar surface area (TPSA) is 94.3 Å². The molecular weight excluding hydrogens is 533 g/mol. The van der Waals surface area contributed by atoms with Crippen molar-refractivity contribution in [2.45, 2.75) is 24.7 Å². The van der Waals surface area contributed by atoms with Crippen molar-refractivity contribution < 1.29 is 22.7 Å². The van der Waals surface area contributed by atoms with Gasteiger partial charge in [0.1, 0.15) is 12.4 Å². The summed E-state index contributed by atoms with van der Waals surface area (Å²) >= 11 is 0. The van der Waals surface area contributed by atoms with Gasteiger partial charge in [0.2, 0.25) is 5.66 Å². The van der Waals surface area contributed by atoms with Gasteiger partial charge >= 0.3 is 6.18 Å². The molecule has 1 aromatic heterocycles. The maximum atomic E-state index is 13.9. The third kappa shape index (κ3) is 5.71. The average molecular weight is 563 g/mol. The lowest BCUT2D eigenvalue weighted by Crippen LogP contribution is -2.55. The van der Waals surface area contributed by atoms with Crippen molar-refractivity contribution in [3.63, 3.8) is 0 Å². The van der Waals surface area contributed by atoms with Gasteiger partial charge in [0.05, 0.1) is 17.3 Å². The number of anilines is 3. The van der Waals surface area contributed by atoms with Crippen molar-refractivity contribution in [2.75, 3.05) is 42.2 Å². The normalized spacial score (nSPS) is 18.6. The van der Waals surface area contributed by atoms with Gasteiger partial charge in [-0.2, -0.15) is 18.3 Å². The third-order valence-corrected chi connectivity index (χ3v) is 7.36. The summed E-state index contributed by atoms with van der Waals surface area (Å²) < 4.78 is 47.0. The zero-order valence-electron chi connectivity index (χ0n) is 22.1. The molecule has 1 unspecified atom stereocenters. The molecule has 1 atom stereocenters. The molecule has 41 heavy (non-hydrogen) atoms. The number of alkyl halides is 3. The highest BCUT2D eigenvalue weighted by Gasteiger charge is 2.39. The number of para-hydroxylation sites is 1. The van der Waals surface area contributed by atoms with Crippen molar-refractivity contribution in [2.24, 2.45) is 0 Å². The summed E-state index contributed by atoms with van der Waals surface area (Å²) in [5.74, 6) is -0.838. The molecule has 6 rings (SSSR count). The summed E-state index contributed by atoms with van der Waals surface area (Å²) in [6.07, 6.45) is 2.77. The molecule has 1 fully saturated rings. The minimum Gasteiger partial charge on any atom is -0.492 e. The number of aromatic amines is 1. The molecule has 2 aliphatic rings. The van der Waals surface area contributed by atoms with Crippen LogP contribution in [0.15, 0.2) is 72.9 Å². The SMILES string of the molecule is O=C(Nc1ccc(C(F)(F)F)c(OCCN2CCCC2)c1)C1(Nc2ccc3cn[nH]c3c2)C=Cc2ccccc2N1. The highest BCUT2D eigenvalue weighted by Crippen LogP contribution is 2.38. The quantitative estimate of drug-likeness (QED) is 0.212. The summed E-state index contributed by atoms with van der Waals surface area (Å²) in [6.45, 7) is 2.48. The fourth-order valence-corrected chi connectivity index (χ4v) is 5.20. The van der Waals surface area contributed by atoms with Crippen LogP contribution < -0.4 is 20.7 Å². The molecule has 0 radical (unpaired) electrons. The largest absolute Gasteiger partial charge is 0.492 e. The molecule has 0 spiro atoms. The van der Waals surface area contributed by atoms with E-state index in [1.807, 2.05) is 48.5 Å². The molecule has 1 amide bonds. The van der Waals surface area contributed by atoms with E-state index in [1.165, 1.54) is 12.1 Å². The van der Waals surface area contributed by atoms with E-state index in [9.17, 15) is 18.0 Å². The first-order valence-electron chi connectivity index (χ1n) is 13.4. The Morgan fingerprint density at radius 3 is 2.68 bits per heavy atom. The molecular formula is C30H29F3N6O2. The summed E-state index contributed by atoms with van der Waals surface area (Å²) in [5.41, 5.74) is 0.863. The Labute approximate surface area is 234 Å². The van der Waals surface area contributed by atoms with Crippen molar-refractivity contribution in [3.8, 4) is 5.75 Å². The molecule has 4 N–H and O–H groups in total. The molecule has 3 aromatic carbocycles. The number of hydrogen-bond acceptors (Lipinski definition) is 6. The lowest BCUT2D eigenvalue weighted by atomic mass is 9.98.